The Morgan fingerprint density at radius 1 is 1.57 bits per heavy atom. The molecule has 1 aromatic carbocycles. The molecule has 9 heteroatoms. The molecule has 1 N–H and O–H groups in total. The van der Waals surface area contributed by atoms with E-state index in [1.165, 1.54) is 14.0 Å². The lowest BCUT2D eigenvalue weighted by molar-refractivity contribution is 0.0691. The maximum Gasteiger partial charge on any atom is 0.338 e. The molecule has 0 bridgehead atoms. The number of carboxylic acid groups (broad SMARTS) is 1. The molecule has 6 nitrogen and oxygen atoms in total. The Balaban J connectivity index is 3.39. The lowest BCUT2D eigenvalue weighted by Gasteiger charge is -2.19. The van der Waals surface area contributed by atoms with E-state index in [-0.39, 0.29) is 11.6 Å². The summed E-state index contributed by atoms with van der Waals surface area (Å²) in [5.74, 6) is -3.62. The van der Waals surface area contributed by atoms with Gasteiger partial charge in [0.25, 0.3) is 0 Å². The fourth-order valence-corrected chi connectivity index (χ4v) is 3.25. The van der Waals surface area contributed by atoms with Crippen LogP contribution in [0.1, 0.15) is 17.3 Å². The number of hydrogen-bond acceptors (Lipinski definition) is 4. The summed E-state index contributed by atoms with van der Waals surface area (Å²) < 4.78 is 39.4. The van der Waals surface area contributed by atoms with Crippen molar-refractivity contribution >= 4 is 27.6 Å². The molecular weight excluding hydrogens is 323 g/mol. The summed E-state index contributed by atoms with van der Waals surface area (Å²) in [6.45, 7) is 1.34. The molecule has 114 valence electrons. The first-order chi connectivity index (χ1) is 9.61. The topological polar surface area (TPSA) is 98.5 Å². The number of sulfonamides is 1. The summed E-state index contributed by atoms with van der Waals surface area (Å²) in [6.07, 6.45) is 0. The van der Waals surface area contributed by atoms with Crippen LogP contribution in [-0.2, 0) is 10.0 Å². The van der Waals surface area contributed by atoms with Crippen molar-refractivity contribution in [3.8, 4) is 6.07 Å². The van der Waals surface area contributed by atoms with E-state index >= 15 is 0 Å². The summed E-state index contributed by atoms with van der Waals surface area (Å²) in [7, 11) is -3.12. The standard InChI is InChI=1S/C12H12ClFN2O4S/c1-7(5-15)6-16(2)21(19,20)10-4-8(13)3-9(11(10)14)12(17)18/h3-4,7H,6H2,1-2H3,(H,17,18). The number of benzene rings is 1. The van der Waals surface area contributed by atoms with E-state index in [1.54, 1.807) is 0 Å². The Bertz CT molecular complexity index is 715. The first kappa shape index (κ1) is 17.4. The van der Waals surface area contributed by atoms with E-state index in [0.29, 0.717) is 0 Å². The summed E-state index contributed by atoms with van der Waals surface area (Å²) in [6, 6.07) is 3.52. The Morgan fingerprint density at radius 3 is 2.62 bits per heavy atom. The molecule has 0 spiro atoms. The van der Waals surface area contributed by atoms with Gasteiger partial charge in [0.2, 0.25) is 10.0 Å². The van der Waals surface area contributed by atoms with E-state index < -0.39 is 38.2 Å². The van der Waals surface area contributed by atoms with Crippen molar-refractivity contribution in [1.82, 2.24) is 4.31 Å². The van der Waals surface area contributed by atoms with Gasteiger partial charge in [-0.2, -0.15) is 9.57 Å². The number of hydrogen-bond donors (Lipinski definition) is 1. The molecule has 0 saturated carbocycles. The number of rotatable bonds is 5. The second-order valence-corrected chi connectivity index (χ2v) is 6.84. The SMILES string of the molecule is CC(C#N)CN(C)S(=O)(=O)c1cc(Cl)cc(C(=O)O)c1F. The molecule has 0 aliphatic heterocycles. The average molecular weight is 335 g/mol. The highest BCUT2D eigenvalue weighted by atomic mass is 35.5. The van der Waals surface area contributed by atoms with E-state index in [1.807, 2.05) is 6.07 Å². The van der Waals surface area contributed by atoms with Crippen LogP contribution in [0.3, 0.4) is 0 Å². The minimum atomic E-state index is -4.29. The van der Waals surface area contributed by atoms with Gasteiger partial charge < -0.3 is 5.11 Å². The van der Waals surface area contributed by atoms with Crippen LogP contribution in [0.15, 0.2) is 17.0 Å². The van der Waals surface area contributed by atoms with Crippen LogP contribution in [-0.4, -0.2) is 37.4 Å². The van der Waals surface area contributed by atoms with Gasteiger partial charge in [0.05, 0.1) is 17.6 Å². The van der Waals surface area contributed by atoms with Gasteiger partial charge >= 0.3 is 5.97 Å². The molecule has 0 fully saturated rings. The molecule has 21 heavy (non-hydrogen) atoms. The lowest BCUT2D eigenvalue weighted by atomic mass is 10.2. The monoisotopic (exact) mass is 334 g/mol. The Morgan fingerprint density at radius 2 is 2.14 bits per heavy atom. The molecule has 0 aromatic heterocycles. The van der Waals surface area contributed by atoms with Crippen molar-refractivity contribution in [1.29, 1.82) is 5.26 Å². The minimum absolute atomic E-state index is 0.160. The van der Waals surface area contributed by atoms with Gasteiger partial charge in [0.1, 0.15) is 4.90 Å². The summed E-state index contributed by atoms with van der Waals surface area (Å²) in [5.41, 5.74) is -0.831. The first-order valence-electron chi connectivity index (χ1n) is 5.69. The summed E-state index contributed by atoms with van der Waals surface area (Å²) in [4.78, 5) is 10.1. The van der Waals surface area contributed by atoms with Gasteiger partial charge in [-0.3, -0.25) is 0 Å². The maximum atomic E-state index is 14.1. The van der Waals surface area contributed by atoms with E-state index in [2.05, 4.69) is 0 Å². The third-order valence-corrected chi connectivity index (χ3v) is 4.71. The highest BCUT2D eigenvalue weighted by Gasteiger charge is 2.29. The van der Waals surface area contributed by atoms with Crippen LogP contribution in [0.2, 0.25) is 5.02 Å². The molecule has 1 rings (SSSR count). The van der Waals surface area contributed by atoms with Crippen molar-refractivity contribution in [2.24, 2.45) is 5.92 Å². The molecule has 1 unspecified atom stereocenters. The second kappa shape index (κ2) is 6.39. The van der Waals surface area contributed by atoms with Gasteiger partial charge in [-0.15, -0.1) is 0 Å². The Labute approximate surface area is 126 Å². The highest BCUT2D eigenvalue weighted by Crippen LogP contribution is 2.26. The quantitative estimate of drug-likeness (QED) is 0.887. The van der Waals surface area contributed by atoms with E-state index in [0.717, 1.165) is 16.4 Å². The maximum absolute atomic E-state index is 14.1. The smallest absolute Gasteiger partial charge is 0.338 e. The molecule has 0 radical (unpaired) electrons. The number of nitriles is 1. The molecule has 0 aliphatic carbocycles. The predicted molar refractivity (Wildman–Crippen MR) is 73.0 cm³/mol. The van der Waals surface area contributed by atoms with Crippen LogP contribution >= 0.6 is 11.6 Å². The molecule has 0 saturated heterocycles. The van der Waals surface area contributed by atoms with Crippen molar-refractivity contribution in [2.45, 2.75) is 11.8 Å². The third kappa shape index (κ3) is 3.69. The zero-order chi connectivity index (χ0) is 16.4. The fourth-order valence-electron chi connectivity index (χ4n) is 1.60. The number of halogens is 2. The van der Waals surface area contributed by atoms with Crippen LogP contribution < -0.4 is 0 Å². The molecule has 0 amide bonds. The van der Waals surface area contributed by atoms with E-state index in [4.69, 9.17) is 22.0 Å². The predicted octanol–water partition coefficient (Wildman–Crippen LogP) is 1.96. The Kier molecular flexibility index (Phi) is 5.28. The fraction of sp³-hybridized carbons (Fsp3) is 0.333. The van der Waals surface area contributed by atoms with Crippen LogP contribution in [0, 0.1) is 23.1 Å². The first-order valence-corrected chi connectivity index (χ1v) is 7.51. The van der Waals surface area contributed by atoms with Gasteiger partial charge in [-0.25, -0.2) is 17.6 Å². The lowest BCUT2D eigenvalue weighted by Crippen LogP contribution is -2.31. The number of aromatic carboxylic acids is 1. The van der Waals surface area contributed by atoms with Crippen LogP contribution in [0.25, 0.3) is 0 Å². The van der Waals surface area contributed by atoms with Gasteiger partial charge in [-0.05, 0) is 19.1 Å². The van der Waals surface area contributed by atoms with Crippen LogP contribution in [0.5, 0.6) is 0 Å². The Hall–Kier alpha value is -1.69. The van der Waals surface area contributed by atoms with Crippen molar-refractivity contribution in [3.63, 3.8) is 0 Å². The zero-order valence-corrected chi connectivity index (χ0v) is 12.7. The zero-order valence-electron chi connectivity index (χ0n) is 11.2. The molecule has 1 atom stereocenters. The van der Waals surface area contributed by atoms with Crippen LogP contribution in [0.4, 0.5) is 4.39 Å². The number of carbonyl (C=O) groups is 1. The molecule has 0 heterocycles. The second-order valence-electron chi connectivity index (χ2n) is 4.39. The average Bonchev–Trinajstić information content (AvgIpc) is 2.40. The van der Waals surface area contributed by atoms with E-state index in [9.17, 15) is 17.6 Å². The van der Waals surface area contributed by atoms with Crippen molar-refractivity contribution in [3.05, 3.63) is 28.5 Å². The number of nitrogens with zero attached hydrogens (tertiary/aromatic N) is 2. The molecule has 0 aliphatic rings. The van der Waals surface area contributed by atoms with Crippen molar-refractivity contribution in [2.75, 3.05) is 13.6 Å². The normalized spacial score (nSPS) is 13.0. The molecular formula is C12H12ClFN2O4S. The highest BCUT2D eigenvalue weighted by molar-refractivity contribution is 7.89. The van der Waals surface area contributed by atoms with Gasteiger partial charge in [0, 0.05) is 18.6 Å². The summed E-state index contributed by atoms with van der Waals surface area (Å²) >= 11 is 5.64. The summed E-state index contributed by atoms with van der Waals surface area (Å²) in [5, 5.41) is 17.3. The number of carboxylic acids is 1. The van der Waals surface area contributed by atoms with Gasteiger partial charge in [-0.1, -0.05) is 11.6 Å². The largest absolute Gasteiger partial charge is 0.478 e. The molecule has 1 aromatic rings. The third-order valence-electron chi connectivity index (χ3n) is 2.67. The van der Waals surface area contributed by atoms with Gasteiger partial charge in [0.15, 0.2) is 5.82 Å². The minimum Gasteiger partial charge on any atom is -0.478 e. The van der Waals surface area contributed by atoms with Crippen molar-refractivity contribution < 1.29 is 22.7 Å².